The normalized spacial score (nSPS) is 11.0. The summed E-state index contributed by atoms with van der Waals surface area (Å²) in [4.78, 5) is 11.7. The first-order valence-corrected chi connectivity index (χ1v) is 8.36. The van der Waals surface area contributed by atoms with E-state index in [1.807, 2.05) is 60.7 Å². The summed E-state index contributed by atoms with van der Waals surface area (Å²) in [6.45, 7) is 5.55. The lowest BCUT2D eigenvalue weighted by Gasteiger charge is -2.06. The van der Waals surface area contributed by atoms with Gasteiger partial charge in [0.25, 0.3) is 0 Å². The maximum atomic E-state index is 11.7. The summed E-state index contributed by atoms with van der Waals surface area (Å²) >= 11 is 0. The highest BCUT2D eigenvalue weighted by Gasteiger charge is 1.98. The van der Waals surface area contributed by atoms with Crippen molar-refractivity contribution in [2.75, 3.05) is 6.54 Å². The first kappa shape index (κ1) is 17.8. The van der Waals surface area contributed by atoms with Crippen LogP contribution in [0.2, 0.25) is 0 Å². The third-order valence-electron chi connectivity index (χ3n) is 3.58. The summed E-state index contributed by atoms with van der Waals surface area (Å²) < 4.78 is 5.74. The largest absolute Gasteiger partial charge is 0.489 e. The minimum absolute atomic E-state index is 0.0555. The fraction of sp³-hybridized carbons (Fsp3) is 0.286. The van der Waals surface area contributed by atoms with E-state index in [1.165, 1.54) is 0 Å². The second-order valence-electron chi connectivity index (χ2n) is 6.15. The van der Waals surface area contributed by atoms with Gasteiger partial charge in [-0.25, -0.2) is 0 Å². The number of ether oxygens (including phenoxy) is 1. The molecule has 0 saturated carbocycles. The van der Waals surface area contributed by atoms with Gasteiger partial charge in [0.05, 0.1) is 0 Å². The molecule has 1 amide bonds. The molecule has 24 heavy (non-hydrogen) atoms. The third kappa shape index (κ3) is 6.69. The Morgan fingerprint density at radius 2 is 1.79 bits per heavy atom. The molecule has 2 aromatic carbocycles. The number of carbonyl (C=O) groups is 1. The first-order valence-electron chi connectivity index (χ1n) is 8.36. The Balaban J connectivity index is 1.79. The molecule has 3 nitrogen and oxygen atoms in total. The summed E-state index contributed by atoms with van der Waals surface area (Å²) in [5.41, 5.74) is 2.11. The molecule has 2 rings (SSSR count). The van der Waals surface area contributed by atoms with Crippen LogP contribution < -0.4 is 10.1 Å². The molecule has 0 saturated heterocycles. The maximum absolute atomic E-state index is 11.7. The molecule has 0 aliphatic heterocycles. The van der Waals surface area contributed by atoms with Crippen LogP contribution in [0, 0.1) is 5.92 Å². The van der Waals surface area contributed by atoms with E-state index in [4.69, 9.17) is 4.74 Å². The van der Waals surface area contributed by atoms with Crippen molar-refractivity contribution in [3.8, 4) is 5.75 Å². The van der Waals surface area contributed by atoms with E-state index in [2.05, 4.69) is 19.2 Å². The second-order valence-corrected chi connectivity index (χ2v) is 6.15. The molecule has 2 aromatic rings. The van der Waals surface area contributed by atoms with Gasteiger partial charge < -0.3 is 10.1 Å². The maximum Gasteiger partial charge on any atom is 0.243 e. The molecule has 0 bridgehead atoms. The van der Waals surface area contributed by atoms with Gasteiger partial charge >= 0.3 is 0 Å². The summed E-state index contributed by atoms with van der Waals surface area (Å²) in [6, 6.07) is 17.8. The minimum Gasteiger partial charge on any atom is -0.489 e. The fourth-order valence-electron chi connectivity index (χ4n) is 2.13. The molecule has 0 heterocycles. The van der Waals surface area contributed by atoms with E-state index in [1.54, 1.807) is 6.08 Å². The predicted octanol–water partition coefficient (Wildman–Crippen LogP) is 4.44. The van der Waals surface area contributed by atoms with E-state index in [0.717, 1.165) is 23.3 Å². The molecule has 0 fully saturated rings. The number of nitrogens with one attached hydrogen (secondary N) is 1. The summed E-state index contributed by atoms with van der Waals surface area (Å²) in [5.74, 6) is 1.36. The zero-order chi connectivity index (χ0) is 17.2. The lowest BCUT2D eigenvalue weighted by molar-refractivity contribution is -0.116. The van der Waals surface area contributed by atoms with Crippen molar-refractivity contribution in [1.29, 1.82) is 0 Å². The average molecular weight is 323 g/mol. The Labute approximate surface area is 144 Å². The molecule has 0 atom stereocenters. The van der Waals surface area contributed by atoms with Crippen LogP contribution in [0.5, 0.6) is 5.75 Å². The average Bonchev–Trinajstić information content (AvgIpc) is 2.59. The van der Waals surface area contributed by atoms with Gasteiger partial charge in [-0.05, 0) is 41.7 Å². The quantitative estimate of drug-likeness (QED) is 0.729. The fourth-order valence-corrected chi connectivity index (χ4v) is 2.13. The molecule has 0 aromatic heterocycles. The Bertz CT molecular complexity index is 645. The second kappa shape index (κ2) is 9.56. The van der Waals surface area contributed by atoms with Crippen molar-refractivity contribution in [1.82, 2.24) is 5.32 Å². The predicted molar refractivity (Wildman–Crippen MR) is 98.7 cm³/mol. The molecular formula is C21H25NO2. The van der Waals surface area contributed by atoms with Gasteiger partial charge in [-0.1, -0.05) is 56.3 Å². The van der Waals surface area contributed by atoms with Gasteiger partial charge in [0, 0.05) is 12.6 Å². The van der Waals surface area contributed by atoms with Crippen molar-refractivity contribution < 1.29 is 9.53 Å². The number of hydrogen-bond donors (Lipinski definition) is 1. The standard InChI is InChI=1S/C21H25NO2/c1-17(2)14-15-22-21(23)13-10-18-8-11-20(12-9-18)24-16-19-6-4-3-5-7-19/h3-13,17H,14-16H2,1-2H3,(H,22,23)/b13-10+. The van der Waals surface area contributed by atoms with Gasteiger partial charge in [0.2, 0.25) is 5.91 Å². The van der Waals surface area contributed by atoms with Gasteiger partial charge in [-0.3, -0.25) is 4.79 Å². The molecule has 1 N–H and O–H groups in total. The van der Waals surface area contributed by atoms with Gasteiger partial charge in [0.15, 0.2) is 0 Å². The Kier molecular flexibility index (Phi) is 7.09. The summed E-state index contributed by atoms with van der Waals surface area (Å²) in [7, 11) is 0. The van der Waals surface area contributed by atoms with Crippen molar-refractivity contribution in [3.05, 3.63) is 71.8 Å². The summed E-state index contributed by atoms with van der Waals surface area (Å²) in [5, 5.41) is 2.88. The molecule has 0 radical (unpaired) electrons. The lowest BCUT2D eigenvalue weighted by atomic mass is 10.1. The van der Waals surface area contributed by atoms with Gasteiger partial charge in [-0.2, -0.15) is 0 Å². The summed E-state index contributed by atoms with van der Waals surface area (Å²) in [6.07, 6.45) is 4.37. The van der Waals surface area contributed by atoms with Crippen LogP contribution in [0.3, 0.4) is 0 Å². The number of rotatable bonds is 8. The Morgan fingerprint density at radius 3 is 2.46 bits per heavy atom. The van der Waals surface area contributed by atoms with Crippen molar-refractivity contribution in [3.63, 3.8) is 0 Å². The zero-order valence-corrected chi connectivity index (χ0v) is 14.4. The molecule has 0 aliphatic carbocycles. The van der Waals surface area contributed by atoms with E-state index < -0.39 is 0 Å². The first-order chi connectivity index (χ1) is 11.6. The third-order valence-corrected chi connectivity index (χ3v) is 3.58. The number of carbonyl (C=O) groups excluding carboxylic acids is 1. The van der Waals surface area contributed by atoms with E-state index in [0.29, 0.717) is 19.1 Å². The van der Waals surface area contributed by atoms with E-state index in [9.17, 15) is 4.79 Å². The molecule has 0 spiro atoms. The Hall–Kier alpha value is -2.55. The SMILES string of the molecule is CC(C)CCNC(=O)/C=C/c1ccc(OCc2ccccc2)cc1. The van der Waals surface area contributed by atoms with Crippen LogP contribution >= 0.6 is 0 Å². The minimum atomic E-state index is -0.0555. The van der Waals surface area contributed by atoms with Crippen molar-refractivity contribution in [2.24, 2.45) is 5.92 Å². The Morgan fingerprint density at radius 1 is 1.08 bits per heavy atom. The smallest absolute Gasteiger partial charge is 0.243 e. The van der Waals surface area contributed by atoms with Gasteiger partial charge in [-0.15, -0.1) is 0 Å². The molecular weight excluding hydrogens is 298 g/mol. The van der Waals surface area contributed by atoms with Crippen LogP contribution in [0.25, 0.3) is 6.08 Å². The van der Waals surface area contributed by atoms with Gasteiger partial charge in [0.1, 0.15) is 12.4 Å². The highest BCUT2D eigenvalue weighted by Crippen LogP contribution is 2.15. The van der Waals surface area contributed by atoms with E-state index in [-0.39, 0.29) is 5.91 Å². The van der Waals surface area contributed by atoms with Crippen LogP contribution in [0.4, 0.5) is 0 Å². The topological polar surface area (TPSA) is 38.3 Å². The van der Waals surface area contributed by atoms with Crippen LogP contribution in [0.1, 0.15) is 31.4 Å². The molecule has 0 unspecified atom stereocenters. The highest BCUT2D eigenvalue weighted by atomic mass is 16.5. The van der Waals surface area contributed by atoms with Crippen molar-refractivity contribution in [2.45, 2.75) is 26.9 Å². The van der Waals surface area contributed by atoms with Crippen LogP contribution in [-0.4, -0.2) is 12.5 Å². The van der Waals surface area contributed by atoms with Crippen molar-refractivity contribution >= 4 is 12.0 Å². The number of hydrogen-bond acceptors (Lipinski definition) is 2. The zero-order valence-electron chi connectivity index (χ0n) is 14.4. The highest BCUT2D eigenvalue weighted by molar-refractivity contribution is 5.91. The molecule has 126 valence electrons. The number of benzene rings is 2. The lowest BCUT2D eigenvalue weighted by Crippen LogP contribution is -2.23. The number of amides is 1. The van der Waals surface area contributed by atoms with Crippen LogP contribution in [0.15, 0.2) is 60.7 Å². The molecule has 3 heteroatoms. The van der Waals surface area contributed by atoms with E-state index >= 15 is 0 Å². The monoisotopic (exact) mass is 323 g/mol. The van der Waals surface area contributed by atoms with Crippen LogP contribution in [-0.2, 0) is 11.4 Å². The molecule has 0 aliphatic rings.